The van der Waals surface area contributed by atoms with Gasteiger partial charge in [0.15, 0.2) is 0 Å². The minimum Gasteiger partial charge on any atom is -0.121 e. The smallest absolute Gasteiger partial charge is 0.0718 e. The molecule has 0 unspecified atom stereocenters. The molecule has 5 aliphatic heterocycles. The van der Waals surface area contributed by atoms with E-state index in [2.05, 4.69) is 12.5 Å². The summed E-state index contributed by atoms with van der Waals surface area (Å²) in [6.45, 7) is 0. The molecule has 25 heavy (non-hydrogen) atoms. The molecule has 0 bridgehead atoms. The van der Waals surface area contributed by atoms with Crippen molar-refractivity contribution in [3.63, 3.8) is 0 Å². The zero-order valence-electron chi connectivity index (χ0n) is 12.6. The lowest BCUT2D eigenvalue weighted by atomic mass is 11.2. The Hall–Kier alpha value is 2.90. The molecule has 0 radical (unpaired) electrons. The van der Waals surface area contributed by atoms with Crippen molar-refractivity contribution in [3.8, 4) is 0 Å². The first-order chi connectivity index (χ1) is 12.2. The van der Waals surface area contributed by atoms with Crippen LogP contribution in [0.1, 0.15) is 0 Å². The summed E-state index contributed by atoms with van der Waals surface area (Å²) in [4.78, 5) is 0. The largest absolute Gasteiger partial charge is 0.121 e. The fourth-order valence-electron chi connectivity index (χ4n) is 2.03. The molecule has 0 aromatic carbocycles. The van der Waals surface area contributed by atoms with Crippen LogP contribution in [0.5, 0.6) is 0 Å². The molecule has 0 atom stereocenters. The minimum absolute atomic E-state index is 1.20. The average Bonchev–Trinajstić information content (AvgIpc) is 3.35. The van der Waals surface area contributed by atoms with Gasteiger partial charge in [-0.2, -0.15) is 0 Å². The van der Waals surface area contributed by atoms with Crippen LogP contribution < -0.4 is 0 Å². The number of thioether (sulfide) groups is 12. The van der Waals surface area contributed by atoms with Crippen LogP contribution in [-0.2, 0) is 0 Å². The first-order valence-electron chi connectivity index (χ1n) is 6.73. The fourth-order valence-corrected chi connectivity index (χ4v) is 20.3. The molecule has 5 rings (SSSR count). The number of hydrogen-bond donors (Lipinski definition) is 0. The third kappa shape index (κ3) is 3.96. The second kappa shape index (κ2) is 8.56. The van der Waals surface area contributed by atoms with Gasteiger partial charge < -0.3 is 0 Å². The maximum atomic E-state index is 2.18. The molecule has 5 heterocycles. The van der Waals surface area contributed by atoms with Gasteiger partial charge in [0.25, 0.3) is 0 Å². The van der Waals surface area contributed by atoms with Crippen molar-refractivity contribution in [1.29, 1.82) is 0 Å². The SMILES string of the molecule is CSC1=C(SC)SC(=C2SC3=C(S2)SC(=C2SC4=C(SCS4)S2)S3)S1. The highest BCUT2D eigenvalue weighted by atomic mass is 32.3. The third-order valence-corrected chi connectivity index (χ3v) is 20.6. The summed E-state index contributed by atoms with van der Waals surface area (Å²) in [5.74, 6) is 0. The van der Waals surface area contributed by atoms with Gasteiger partial charge in [-0.3, -0.25) is 0 Å². The highest BCUT2D eigenvalue weighted by molar-refractivity contribution is 8.51. The van der Waals surface area contributed by atoms with Crippen molar-refractivity contribution in [1.82, 2.24) is 0 Å². The standard InChI is InChI=1S/C13H8S12/c1-14-4-5(15-2)19-8(18-4)10-22-12-13(23-10)25-11(24-12)9-20-6-7(21-9)17-3-16-6/h3H2,1-2H3. The van der Waals surface area contributed by atoms with Crippen molar-refractivity contribution >= 4 is 141 Å². The van der Waals surface area contributed by atoms with E-state index in [0.29, 0.717) is 0 Å². The van der Waals surface area contributed by atoms with Gasteiger partial charge in [0.1, 0.15) is 0 Å². The maximum absolute atomic E-state index is 2.18. The Morgan fingerprint density at radius 2 is 0.800 bits per heavy atom. The third-order valence-electron chi connectivity index (χ3n) is 3.07. The molecular formula is C13H8S12. The molecule has 0 saturated heterocycles. The second-order valence-corrected chi connectivity index (χ2v) is 19.2. The van der Waals surface area contributed by atoms with Gasteiger partial charge in [-0.1, -0.05) is 94.1 Å². The Balaban J connectivity index is 1.27. The van der Waals surface area contributed by atoms with E-state index in [4.69, 9.17) is 0 Å². The predicted molar refractivity (Wildman–Crippen MR) is 143 cm³/mol. The number of rotatable bonds is 2. The van der Waals surface area contributed by atoms with Crippen molar-refractivity contribution in [2.24, 2.45) is 0 Å². The minimum atomic E-state index is 1.20. The molecule has 0 spiro atoms. The van der Waals surface area contributed by atoms with E-state index in [1.165, 1.54) is 47.5 Å². The first-order valence-corrected chi connectivity index (χ1v) is 17.7. The van der Waals surface area contributed by atoms with Crippen LogP contribution in [-0.4, -0.2) is 17.6 Å². The van der Waals surface area contributed by atoms with E-state index in [1.54, 1.807) is 0 Å². The van der Waals surface area contributed by atoms with Gasteiger partial charge >= 0.3 is 0 Å². The topological polar surface area (TPSA) is 0 Å². The molecule has 5 aliphatic rings. The normalized spacial score (nSPS) is 26.2. The van der Waals surface area contributed by atoms with Gasteiger partial charge in [0.05, 0.1) is 42.4 Å². The molecule has 0 amide bonds. The van der Waals surface area contributed by atoms with Crippen LogP contribution >= 0.6 is 141 Å². The maximum Gasteiger partial charge on any atom is 0.0718 e. The van der Waals surface area contributed by atoms with E-state index in [9.17, 15) is 0 Å². The summed E-state index contributed by atoms with van der Waals surface area (Å²) >= 11 is 23.6. The summed E-state index contributed by atoms with van der Waals surface area (Å²) in [6, 6.07) is 0. The number of hydrogen-bond acceptors (Lipinski definition) is 12. The molecule has 0 aromatic heterocycles. The molecule has 0 aromatic rings. The predicted octanol–water partition coefficient (Wildman–Crippen LogP) is 9.70. The Morgan fingerprint density at radius 1 is 0.480 bits per heavy atom. The lowest BCUT2D eigenvalue weighted by Crippen LogP contribution is -1.73. The van der Waals surface area contributed by atoms with Gasteiger partial charge in [-0.15, -0.1) is 47.0 Å². The van der Waals surface area contributed by atoms with Crippen LogP contribution in [0, 0.1) is 0 Å². The molecular weight excluding hydrogens is 541 g/mol. The van der Waals surface area contributed by atoms with Crippen molar-refractivity contribution in [3.05, 3.63) is 42.4 Å². The highest BCUT2D eigenvalue weighted by Crippen LogP contribution is 2.73. The second-order valence-electron chi connectivity index (χ2n) is 4.51. The summed E-state index contributed by atoms with van der Waals surface area (Å²) in [7, 11) is 0. The van der Waals surface area contributed by atoms with Gasteiger partial charge in [-0.05, 0) is 12.5 Å². The van der Waals surface area contributed by atoms with Crippen LogP contribution in [0.4, 0.5) is 0 Å². The van der Waals surface area contributed by atoms with Crippen molar-refractivity contribution in [2.45, 2.75) is 0 Å². The van der Waals surface area contributed by atoms with Crippen LogP contribution in [0.25, 0.3) is 0 Å². The molecule has 0 aliphatic carbocycles. The van der Waals surface area contributed by atoms with Crippen LogP contribution in [0.15, 0.2) is 42.4 Å². The molecule has 132 valence electrons. The molecule has 12 heteroatoms. The molecule has 0 N–H and O–H groups in total. The fraction of sp³-hybridized carbons (Fsp3) is 0.231. The Labute approximate surface area is 198 Å². The monoisotopic (exact) mass is 548 g/mol. The van der Waals surface area contributed by atoms with E-state index in [-0.39, 0.29) is 0 Å². The van der Waals surface area contributed by atoms with Crippen LogP contribution in [0.2, 0.25) is 0 Å². The van der Waals surface area contributed by atoms with Gasteiger partial charge in [-0.25, -0.2) is 0 Å². The Kier molecular flexibility index (Phi) is 6.80. The summed E-state index contributed by atoms with van der Waals surface area (Å²) in [5.41, 5.74) is 0. The van der Waals surface area contributed by atoms with Crippen molar-refractivity contribution in [2.75, 3.05) is 17.6 Å². The Morgan fingerprint density at radius 3 is 1.16 bits per heavy atom. The summed E-state index contributed by atoms with van der Waals surface area (Å²) in [5, 5.41) is 1.20. The zero-order valence-corrected chi connectivity index (χ0v) is 22.4. The molecule has 0 saturated carbocycles. The van der Waals surface area contributed by atoms with E-state index >= 15 is 0 Å². The average molecular weight is 549 g/mol. The van der Waals surface area contributed by atoms with E-state index in [1.807, 2.05) is 141 Å². The summed E-state index contributed by atoms with van der Waals surface area (Å²) in [6.07, 6.45) is 4.37. The zero-order chi connectivity index (χ0) is 17.0. The van der Waals surface area contributed by atoms with Crippen LogP contribution in [0.3, 0.4) is 0 Å². The van der Waals surface area contributed by atoms with E-state index in [0.717, 1.165) is 0 Å². The quantitative estimate of drug-likeness (QED) is 0.322. The summed E-state index contributed by atoms with van der Waals surface area (Å²) < 4.78 is 15.0. The Bertz CT molecular complexity index is 755. The van der Waals surface area contributed by atoms with E-state index < -0.39 is 0 Å². The lowest BCUT2D eigenvalue weighted by molar-refractivity contribution is 2.30. The van der Waals surface area contributed by atoms with Gasteiger partial charge in [0, 0.05) is 5.08 Å². The van der Waals surface area contributed by atoms with Gasteiger partial charge in [0.2, 0.25) is 0 Å². The highest BCUT2D eigenvalue weighted by Gasteiger charge is 2.37. The first kappa shape index (κ1) is 19.8. The molecule has 0 nitrogen and oxygen atoms in total. The lowest BCUT2D eigenvalue weighted by Gasteiger charge is -2.07. The molecule has 0 fully saturated rings. The van der Waals surface area contributed by atoms with Crippen molar-refractivity contribution < 1.29 is 0 Å².